The topological polar surface area (TPSA) is 77.8 Å². The SMILES string of the molecule is Cc1cc([C@@H](NC(=O)c2cc(CN3CCCOC3=N)cc(C3CCC=NC3C(F)(F)F)c2)C2CC2)ccc1F. The van der Waals surface area contributed by atoms with Gasteiger partial charge in [0.2, 0.25) is 0 Å². The van der Waals surface area contributed by atoms with Gasteiger partial charge in [-0.2, -0.15) is 13.2 Å². The second-order valence-corrected chi connectivity index (χ2v) is 10.7. The first-order valence-electron chi connectivity index (χ1n) is 13.4. The smallest absolute Gasteiger partial charge is 0.411 e. The van der Waals surface area contributed by atoms with Crippen LogP contribution in [0.15, 0.2) is 41.4 Å². The number of nitrogens with zero attached hydrogens (tertiary/aromatic N) is 2. The zero-order valence-corrected chi connectivity index (χ0v) is 21.7. The second-order valence-electron chi connectivity index (χ2n) is 10.7. The van der Waals surface area contributed by atoms with Gasteiger partial charge in [0.25, 0.3) is 11.9 Å². The third-order valence-corrected chi connectivity index (χ3v) is 7.69. The molecule has 3 atom stereocenters. The number of amidine groups is 1. The predicted molar refractivity (Wildman–Crippen MR) is 140 cm³/mol. The Hall–Kier alpha value is -3.43. The summed E-state index contributed by atoms with van der Waals surface area (Å²) in [6.07, 6.45) is 0.0721. The summed E-state index contributed by atoms with van der Waals surface area (Å²) in [5.74, 6) is -1.42. The number of hydrogen-bond acceptors (Lipinski definition) is 4. The van der Waals surface area contributed by atoms with E-state index in [0.717, 1.165) is 24.8 Å². The van der Waals surface area contributed by atoms with Crippen LogP contribution in [0.5, 0.6) is 0 Å². The fourth-order valence-electron chi connectivity index (χ4n) is 5.50. The largest absolute Gasteiger partial charge is 0.465 e. The molecule has 2 unspecified atom stereocenters. The van der Waals surface area contributed by atoms with Gasteiger partial charge in [0.05, 0.1) is 12.6 Å². The lowest BCUT2D eigenvalue weighted by Crippen LogP contribution is -2.38. The first-order valence-corrected chi connectivity index (χ1v) is 13.4. The maximum Gasteiger partial charge on any atom is 0.411 e. The Labute approximate surface area is 225 Å². The summed E-state index contributed by atoms with van der Waals surface area (Å²) in [4.78, 5) is 19.1. The lowest BCUT2D eigenvalue weighted by atomic mass is 9.84. The van der Waals surface area contributed by atoms with Gasteiger partial charge in [-0.25, -0.2) is 4.39 Å². The molecule has 2 aromatic carbocycles. The molecule has 208 valence electrons. The Morgan fingerprint density at radius 2 is 2.00 bits per heavy atom. The minimum Gasteiger partial charge on any atom is -0.465 e. The van der Waals surface area contributed by atoms with Crippen molar-refractivity contribution in [1.82, 2.24) is 10.2 Å². The maximum absolute atomic E-state index is 13.9. The Morgan fingerprint density at radius 3 is 2.69 bits per heavy atom. The molecule has 5 rings (SSSR count). The molecule has 0 spiro atoms. The fourth-order valence-corrected chi connectivity index (χ4v) is 5.50. The van der Waals surface area contributed by atoms with E-state index in [4.69, 9.17) is 10.1 Å². The molecule has 2 heterocycles. The second kappa shape index (κ2) is 11.0. The van der Waals surface area contributed by atoms with Gasteiger partial charge < -0.3 is 15.0 Å². The van der Waals surface area contributed by atoms with E-state index >= 15 is 0 Å². The van der Waals surface area contributed by atoms with Crippen molar-refractivity contribution in [2.24, 2.45) is 10.9 Å². The van der Waals surface area contributed by atoms with Crippen molar-refractivity contribution in [2.75, 3.05) is 13.2 Å². The summed E-state index contributed by atoms with van der Waals surface area (Å²) in [5.41, 5.74) is 2.58. The summed E-state index contributed by atoms with van der Waals surface area (Å²) < 4.78 is 61.0. The molecule has 1 saturated carbocycles. The van der Waals surface area contributed by atoms with Crippen LogP contribution in [0.2, 0.25) is 0 Å². The Morgan fingerprint density at radius 1 is 1.21 bits per heavy atom. The number of nitrogens with one attached hydrogen (secondary N) is 2. The first-order chi connectivity index (χ1) is 18.6. The summed E-state index contributed by atoms with van der Waals surface area (Å²) in [6.45, 7) is 2.94. The number of hydrogen-bond donors (Lipinski definition) is 2. The molecule has 0 radical (unpaired) electrons. The van der Waals surface area contributed by atoms with Gasteiger partial charge in [-0.3, -0.25) is 15.2 Å². The molecule has 39 heavy (non-hydrogen) atoms. The zero-order chi connectivity index (χ0) is 27.7. The van der Waals surface area contributed by atoms with Gasteiger partial charge >= 0.3 is 6.18 Å². The highest BCUT2D eigenvalue weighted by Gasteiger charge is 2.46. The summed E-state index contributed by atoms with van der Waals surface area (Å²) in [5, 5.41) is 11.2. The molecule has 1 amide bonds. The summed E-state index contributed by atoms with van der Waals surface area (Å²) in [6, 6.07) is 7.51. The number of amides is 1. The lowest BCUT2D eigenvalue weighted by molar-refractivity contribution is -0.152. The lowest BCUT2D eigenvalue weighted by Gasteiger charge is -2.31. The van der Waals surface area contributed by atoms with Crippen LogP contribution in [0.1, 0.15) is 76.7 Å². The van der Waals surface area contributed by atoms with E-state index in [2.05, 4.69) is 10.3 Å². The van der Waals surface area contributed by atoms with E-state index in [1.165, 1.54) is 12.3 Å². The molecular formula is C29H32F4N4O2. The molecule has 6 nitrogen and oxygen atoms in total. The van der Waals surface area contributed by atoms with E-state index in [1.807, 2.05) is 0 Å². The van der Waals surface area contributed by atoms with E-state index < -0.39 is 24.0 Å². The third-order valence-electron chi connectivity index (χ3n) is 7.69. The van der Waals surface area contributed by atoms with Crippen LogP contribution in [-0.2, 0) is 11.3 Å². The van der Waals surface area contributed by atoms with Gasteiger partial charge in [-0.15, -0.1) is 0 Å². The van der Waals surface area contributed by atoms with Gasteiger partial charge in [0.15, 0.2) is 6.04 Å². The van der Waals surface area contributed by atoms with Crippen LogP contribution in [-0.4, -0.2) is 48.4 Å². The molecule has 3 aliphatic rings. The Bertz CT molecular complexity index is 1270. The van der Waals surface area contributed by atoms with Crippen molar-refractivity contribution in [3.8, 4) is 0 Å². The first kappa shape index (κ1) is 27.1. The van der Waals surface area contributed by atoms with Crippen molar-refractivity contribution >= 4 is 18.1 Å². The van der Waals surface area contributed by atoms with Crippen molar-refractivity contribution in [1.29, 1.82) is 5.41 Å². The number of benzene rings is 2. The van der Waals surface area contributed by atoms with Crippen molar-refractivity contribution in [3.05, 3.63) is 70.0 Å². The quantitative estimate of drug-likeness (QED) is 0.417. The van der Waals surface area contributed by atoms with Crippen LogP contribution in [0, 0.1) is 24.1 Å². The monoisotopic (exact) mass is 544 g/mol. The molecule has 0 bridgehead atoms. The van der Waals surface area contributed by atoms with E-state index in [0.29, 0.717) is 36.3 Å². The Balaban J connectivity index is 1.48. The normalized spacial score (nSPS) is 22.4. The molecule has 10 heteroatoms. The number of aryl methyl sites for hydroxylation is 1. The van der Waals surface area contributed by atoms with Crippen molar-refractivity contribution in [2.45, 2.75) is 69.8 Å². The summed E-state index contributed by atoms with van der Waals surface area (Å²) in [7, 11) is 0. The van der Waals surface area contributed by atoms with E-state index in [-0.39, 0.29) is 42.3 Å². The standard InChI is InChI=1S/C29H32F4N4O2/c1-17-12-20(7-8-24(17)30)25(19-5-6-19)36-27(38)22-14-18(16-37-10-3-11-39-28(37)34)13-21(15-22)23-4-2-9-35-26(23)29(31,32)33/h7-9,12-15,19,23,25-26,34H,2-6,10-11,16H2,1H3,(H,36,38)/t23?,25-,26?/m0/s1. The van der Waals surface area contributed by atoms with Gasteiger partial charge in [-0.05, 0) is 91.6 Å². The van der Waals surface area contributed by atoms with Crippen LogP contribution in [0.3, 0.4) is 0 Å². The predicted octanol–water partition coefficient (Wildman–Crippen LogP) is 6.05. The molecule has 2 aromatic rings. The molecule has 2 fully saturated rings. The van der Waals surface area contributed by atoms with Crippen LogP contribution < -0.4 is 5.32 Å². The van der Waals surface area contributed by atoms with E-state index in [9.17, 15) is 22.4 Å². The van der Waals surface area contributed by atoms with Gasteiger partial charge in [0, 0.05) is 24.6 Å². The van der Waals surface area contributed by atoms with E-state index in [1.54, 1.807) is 42.2 Å². The van der Waals surface area contributed by atoms with Crippen molar-refractivity contribution in [3.63, 3.8) is 0 Å². The van der Waals surface area contributed by atoms with Gasteiger partial charge in [-0.1, -0.05) is 18.2 Å². The number of alkyl halides is 3. The third kappa shape index (κ3) is 6.25. The highest BCUT2D eigenvalue weighted by atomic mass is 19.4. The average Bonchev–Trinajstić information content (AvgIpc) is 3.75. The van der Waals surface area contributed by atoms with Crippen LogP contribution in [0.25, 0.3) is 0 Å². The Kier molecular flexibility index (Phi) is 7.64. The minimum atomic E-state index is -4.51. The number of halogens is 4. The molecule has 1 aliphatic carbocycles. The van der Waals surface area contributed by atoms with Crippen LogP contribution in [0.4, 0.5) is 17.6 Å². The molecule has 2 aliphatic heterocycles. The number of carbonyl (C=O) groups is 1. The number of aliphatic imine (C=N–C) groups is 1. The molecular weight excluding hydrogens is 512 g/mol. The molecule has 1 saturated heterocycles. The fraction of sp³-hybridized carbons (Fsp3) is 0.483. The molecule has 2 N–H and O–H groups in total. The van der Waals surface area contributed by atoms with Crippen LogP contribution >= 0.6 is 0 Å². The highest BCUT2D eigenvalue weighted by Crippen LogP contribution is 2.42. The number of carbonyl (C=O) groups excluding carboxylic acids is 1. The summed E-state index contributed by atoms with van der Waals surface area (Å²) >= 11 is 0. The number of ether oxygens (including phenoxy) is 1. The van der Waals surface area contributed by atoms with Gasteiger partial charge in [0.1, 0.15) is 5.82 Å². The number of rotatable bonds is 7. The van der Waals surface area contributed by atoms with Crippen molar-refractivity contribution < 1.29 is 27.1 Å². The average molecular weight is 545 g/mol. The highest BCUT2D eigenvalue weighted by molar-refractivity contribution is 5.95. The zero-order valence-electron chi connectivity index (χ0n) is 21.7. The molecule has 0 aromatic heterocycles. The maximum atomic E-state index is 13.9. The minimum absolute atomic E-state index is 0.00793.